The molecule has 2 aromatic carbocycles. The summed E-state index contributed by atoms with van der Waals surface area (Å²) in [6.07, 6.45) is 2.73. The van der Waals surface area contributed by atoms with Crippen LogP contribution in [0.2, 0.25) is 0 Å². The van der Waals surface area contributed by atoms with Gasteiger partial charge in [-0.25, -0.2) is 8.42 Å². The van der Waals surface area contributed by atoms with Crippen LogP contribution in [0.1, 0.15) is 15.2 Å². The molecule has 31 heavy (non-hydrogen) atoms. The minimum atomic E-state index is -3.76. The van der Waals surface area contributed by atoms with Crippen LogP contribution in [0.3, 0.4) is 0 Å². The number of ether oxygens (including phenoxy) is 1. The monoisotopic (exact) mass is 457 g/mol. The molecular formula is C21H19N3O5S2. The number of thiophene rings is 1. The molecule has 0 spiro atoms. The third-order valence-corrected chi connectivity index (χ3v) is 6.27. The van der Waals surface area contributed by atoms with Crippen molar-refractivity contribution in [2.75, 3.05) is 11.8 Å². The molecule has 0 saturated heterocycles. The van der Waals surface area contributed by atoms with E-state index in [1.807, 2.05) is 0 Å². The average molecular weight is 458 g/mol. The van der Waals surface area contributed by atoms with E-state index in [-0.39, 0.29) is 4.90 Å². The normalized spacial score (nSPS) is 11.1. The lowest BCUT2D eigenvalue weighted by Gasteiger charge is -2.09. The lowest BCUT2D eigenvalue weighted by molar-refractivity contribution is -0.117. The second-order valence-electron chi connectivity index (χ2n) is 6.16. The van der Waals surface area contributed by atoms with Crippen molar-refractivity contribution in [3.05, 3.63) is 82.6 Å². The molecule has 0 aliphatic rings. The van der Waals surface area contributed by atoms with E-state index < -0.39 is 21.8 Å². The molecule has 0 saturated carbocycles. The molecule has 0 bridgehead atoms. The van der Waals surface area contributed by atoms with Crippen LogP contribution in [0.15, 0.2) is 77.0 Å². The first-order valence-electron chi connectivity index (χ1n) is 8.96. The number of hydrogen-bond acceptors (Lipinski definition) is 6. The Morgan fingerprint density at radius 2 is 1.68 bits per heavy atom. The van der Waals surface area contributed by atoms with Crippen molar-refractivity contribution < 1.29 is 22.7 Å². The third-order valence-electron chi connectivity index (χ3n) is 4.00. The van der Waals surface area contributed by atoms with E-state index in [0.717, 1.165) is 0 Å². The fourth-order valence-corrected chi connectivity index (χ4v) is 4.11. The van der Waals surface area contributed by atoms with Gasteiger partial charge in [-0.3, -0.25) is 25.2 Å². The number of amides is 2. The Balaban J connectivity index is 1.57. The maximum Gasteiger partial charge on any atom is 0.279 e. The molecule has 160 valence electrons. The number of sulfonamides is 1. The molecule has 3 rings (SSSR count). The molecule has 0 aliphatic heterocycles. The predicted octanol–water partition coefficient (Wildman–Crippen LogP) is 3.03. The van der Waals surface area contributed by atoms with E-state index in [1.165, 1.54) is 42.7 Å². The van der Waals surface area contributed by atoms with Crippen molar-refractivity contribution in [1.82, 2.24) is 10.9 Å². The quantitative estimate of drug-likeness (QED) is 0.373. The van der Waals surface area contributed by atoms with Crippen molar-refractivity contribution in [2.45, 2.75) is 4.90 Å². The topological polar surface area (TPSA) is 114 Å². The highest BCUT2D eigenvalue weighted by atomic mass is 32.2. The van der Waals surface area contributed by atoms with Crippen LogP contribution in [-0.2, 0) is 14.8 Å². The van der Waals surface area contributed by atoms with Gasteiger partial charge in [0.15, 0.2) is 0 Å². The Morgan fingerprint density at radius 1 is 0.968 bits per heavy atom. The Kier molecular flexibility index (Phi) is 7.06. The fraction of sp³-hybridized carbons (Fsp3) is 0.0476. The lowest BCUT2D eigenvalue weighted by atomic mass is 10.2. The van der Waals surface area contributed by atoms with E-state index in [2.05, 4.69) is 15.6 Å². The van der Waals surface area contributed by atoms with Gasteiger partial charge in [-0.05, 0) is 59.5 Å². The van der Waals surface area contributed by atoms with Gasteiger partial charge in [0.2, 0.25) is 0 Å². The Bertz CT molecular complexity index is 1170. The molecule has 3 aromatic rings. The van der Waals surface area contributed by atoms with E-state index in [4.69, 9.17) is 4.74 Å². The smallest absolute Gasteiger partial charge is 0.279 e. The molecule has 1 aromatic heterocycles. The summed E-state index contributed by atoms with van der Waals surface area (Å²) in [5.41, 5.74) is 5.61. The molecule has 1 heterocycles. The van der Waals surface area contributed by atoms with Crippen LogP contribution in [-0.4, -0.2) is 27.3 Å². The second-order valence-corrected chi connectivity index (χ2v) is 8.79. The number of rotatable bonds is 7. The number of hydrazine groups is 1. The Labute approximate surface area is 183 Å². The zero-order valence-electron chi connectivity index (χ0n) is 16.4. The molecule has 0 atom stereocenters. The van der Waals surface area contributed by atoms with Crippen molar-refractivity contribution in [3.63, 3.8) is 0 Å². The molecule has 10 heteroatoms. The summed E-state index contributed by atoms with van der Waals surface area (Å²) in [7, 11) is -2.23. The van der Waals surface area contributed by atoms with Crippen molar-refractivity contribution in [2.24, 2.45) is 0 Å². The highest BCUT2D eigenvalue weighted by Crippen LogP contribution is 2.20. The van der Waals surface area contributed by atoms with Gasteiger partial charge in [-0.2, -0.15) is 0 Å². The molecular weight excluding hydrogens is 438 g/mol. The molecule has 8 nitrogen and oxygen atoms in total. The molecule has 0 aliphatic carbocycles. The Hall–Kier alpha value is -3.63. The maximum absolute atomic E-state index is 12.5. The van der Waals surface area contributed by atoms with E-state index in [0.29, 0.717) is 21.9 Å². The average Bonchev–Trinajstić information content (AvgIpc) is 3.32. The van der Waals surface area contributed by atoms with Crippen LogP contribution < -0.4 is 20.3 Å². The molecule has 3 N–H and O–H groups in total. The van der Waals surface area contributed by atoms with Gasteiger partial charge >= 0.3 is 0 Å². The van der Waals surface area contributed by atoms with Gasteiger partial charge in [0.1, 0.15) is 5.75 Å². The first-order chi connectivity index (χ1) is 14.9. The van der Waals surface area contributed by atoms with E-state index >= 15 is 0 Å². The number of carbonyl (C=O) groups excluding carboxylic acids is 2. The van der Waals surface area contributed by atoms with Crippen molar-refractivity contribution in [3.8, 4) is 5.75 Å². The number of nitrogens with one attached hydrogen (secondary N) is 3. The standard InChI is InChI=1S/C21H19N3O5S2/c1-29-17-9-7-16(8-10-17)24-31(27,28)18-11-4-15(5-12-18)6-13-20(25)22-23-21(26)19-3-2-14-30-19/h2-14,24H,1H3,(H,22,25)(H,23,26)/b13-6+. The minimum Gasteiger partial charge on any atom is -0.497 e. The summed E-state index contributed by atoms with van der Waals surface area (Å²) in [6, 6.07) is 15.9. The van der Waals surface area contributed by atoms with Gasteiger partial charge in [-0.1, -0.05) is 18.2 Å². The number of hydrogen-bond donors (Lipinski definition) is 3. The van der Waals surface area contributed by atoms with Crippen molar-refractivity contribution in [1.29, 1.82) is 0 Å². The van der Waals surface area contributed by atoms with Gasteiger partial charge in [0.25, 0.3) is 21.8 Å². The van der Waals surface area contributed by atoms with Gasteiger partial charge < -0.3 is 4.74 Å². The van der Waals surface area contributed by atoms with Gasteiger partial charge in [0, 0.05) is 11.8 Å². The van der Waals surface area contributed by atoms with Crippen LogP contribution in [0.25, 0.3) is 6.08 Å². The minimum absolute atomic E-state index is 0.0770. The van der Waals surface area contributed by atoms with Crippen molar-refractivity contribution >= 4 is 44.9 Å². The van der Waals surface area contributed by atoms with Crippen LogP contribution in [0, 0.1) is 0 Å². The summed E-state index contributed by atoms with van der Waals surface area (Å²) in [6.45, 7) is 0. The second kappa shape index (κ2) is 9.92. The maximum atomic E-state index is 12.5. The highest BCUT2D eigenvalue weighted by Gasteiger charge is 2.14. The zero-order valence-corrected chi connectivity index (χ0v) is 18.0. The SMILES string of the molecule is COc1ccc(NS(=O)(=O)c2ccc(/C=C/C(=O)NNC(=O)c3cccs3)cc2)cc1. The fourth-order valence-electron chi connectivity index (χ4n) is 2.43. The highest BCUT2D eigenvalue weighted by molar-refractivity contribution is 7.92. The van der Waals surface area contributed by atoms with Crippen LogP contribution in [0.4, 0.5) is 5.69 Å². The lowest BCUT2D eigenvalue weighted by Crippen LogP contribution is -2.40. The summed E-state index contributed by atoms with van der Waals surface area (Å²) >= 11 is 1.26. The number of anilines is 1. The molecule has 0 unspecified atom stereocenters. The largest absolute Gasteiger partial charge is 0.497 e. The summed E-state index contributed by atoms with van der Waals surface area (Å²) in [5, 5.41) is 1.76. The summed E-state index contributed by atoms with van der Waals surface area (Å²) < 4.78 is 32.6. The summed E-state index contributed by atoms with van der Waals surface area (Å²) in [4.78, 5) is 24.2. The zero-order chi connectivity index (χ0) is 22.3. The number of benzene rings is 2. The number of methoxy groups -OCH3 is 1. The van der Waals surface area contributed by atoms with Crippen LogP contribution >= 0.6 is 11.3 Å². The Morgan fingerprint density at radius 3 is 2.29 bits per heavy atom. The van der Waals surface area contributed by atoms with Gasteiger partial charge in [-0.15, -0.1) is 11.3 Å². The first kappa shape index (κ1) is 22.1. The predicted molar refractivity (Wildman–Crippen MR) is 119 cm³/mol. The first-order valence-corrected chi connectivity index (χ1v) is 11.3. The summed E-state index contributed by atoms with van der Waals surface area (Å²) in [5.74, 6) is -0.312. The molecule has 0 fully saturated rings. The van der Waals surface area contributed by atoms with Crippen LogP contribution in [0.5, 0.6) is 5.75 Å². The molecule has 0 radical (unpaired) electrons. The van der Waals surface area contributed by atoms with Gasteiger partial charge in [0.05, 0.1) is 16.9 Å². The van der Waals surface area contributed by atoms with E-state index in [9.17, 15) is 18.0 Å². The third kappa shape index (κ3) is 6.17. The van der Waals surface area contributed by atoms with E-state index in [1.54, 1.807) is 53.9 Å². The molecule has 2 amide bonds. The number of carbonyl (C=O) groups is 2.